The van der Waals surface area contributed by atoms with E-state index in [4.69, 9.17) is 9.73 Å². The number of ether oxygens (including phenoxy) is 1. The minimum atomic E-state index is -0.228. The van der Waals surface area contributed by atoms with Crippen molar-refractivity contribution < 1.29 is 9.53 Å². The maximum absolute atomic E-state index is 12.5. The van der Waals surface area contributed by atoms with Gasteiger partial charge in [0.25, 0.3) is 5.91 Å². The molecule has 0 saturated carbocycles. The lowest BCUT2D eigenvalue weighted by Gasteiger charge is -2.37. The molecule has 1 aromatic heterocycles. The van der Waals surface area contributed by atoms with Crippen molar-refractivity contribution in [2.24, 2.45) is 10.9 Å². The van der Waals surface area contributed by atoms with Gasteiger partial charge in [0.15, 0.2) is 5.96 Å². The summed E-state index contributed by atoms with van der Waals surface area (Å²) in [6.45, 7) is 12.5. The van der Waals surface area contributed by atoms with Gasteiger partial charge in [-0.15, -0.1) is 0 Å². The summed E-state index contributed by atoms with van der Waals surface area (Å²) in [6, 6.07) is 0. The lowest BCUT2D eigenvalue weighted by atomic mass is 10.2. The molecule has 28 heavy (non-hydrogen) atoms. The van der Waals surface area contributed by atoms with Crippen molar-refractivity contribution >= 4 is 11.9 Å². The SMILES string of the molecule is CCNC(=NCc1nccn1CC(C)C)N1CCN(C(=O)C2CCCO2)CC1. The smallest absolute Gasteiger partial charge is 0.251 e. The number of hydrogen-bond acceptors (Lipinski definition) is 4. The monoisotopic (exact) mass is 390 g/mol. The fourth-order valence-electron chi connectivity index (χ4n) is 3.74. The molecule has 0 bridgehead atoms. The predicted molar refractivity (Wildman–Crippen MR) is 109 cm³/mol. The number of nitrogens with zero attached hydrogens (tertiary/aromatic N) is 5. The summed E-state index contributed by atoms with van der Waals surface area (Å²) in [5.74, 6) is 2.59. The number of carbonyl (C=O) groups excluding carboxylic acids is 1. The van der Waals surface area contributed by atoms with E-state index in [-0.39, 0.29) is 12.0 Å². The first kappa shape index (κ1) is 20.6. The average Bonchev–Trinajstić information content (AvgIpc) is 3.36. The van der Waals surface area contributed by atoms with Crippen LogP contribution in [0.3, 0.4) is 0 Å². The number of carbonyl (C=O) groups is 1. The first-order chi connectivity index (χ1) is 13.6. The van der Waals surface area contributed by atoms with Crippen LogP contribution in [-0.2, 0) is 22.6 Å². The van der Waals surface area contributed by atoms with Gasteiger partial charge in [-0.2, -0.15) is 0 Å². The Morgan fingerprint density at radius 1 is 1.32 bits per heavy atom. The Kier molecular flexibility index (Phi) is 7.30. The van der Waals surface area contributed by atoms with Gasteiger partial charge in [0, 0.05) is 58.3 Å². The first-order valence-electron chi connectivity index (χ1n) is 10.5. The number of amides is 1. The molecule has 8 heteroatoms. The zero-order valence-corrected chi connectivity index (χ0v) is 17.4. The van der Waals surface area contributed by atoms with Crippen LogP contribution in [0.1, 0.15) is 39.4 Å². The van der Waals surface area contributed by atoms with E-state index in [1.165, 1.54) is 0 Å². The molecule has 2 aliphatic heterocycles. The first-order valence-corrected chi connectivity index (χ1v) is 10.5. The van der Waals surface area contributed by atoms with Gasteiger partial charge in [0.05, 0.1) is 0 Å². The van der Waals surface area contributed by atoms with Crippen molar-refractivity contribution in [3.05, 3.63) is 18.2 Å². The number of rotatable bonds is 6. The van der Waals surface area contributed by atoms with E-state index in [0.717, 1.165) is 50.8 Å². The molecule has 2 fully saturated rings. The molecule has 156 valence electrons. The van der Waals surface area contributed by atoms with Gasteiger partial charge in [0.1, 0.15) is 18.5 Å². The van der Waals surface area contributed by atoms with Crippen molar-refractivity contribution in [3.63, 3.8) is 0 Å². The molecule has 1 unspecified atom stereocenters. The van der Waals surface area contributed by atoms with Gasteiger partial charge in [-0.3, -0.25) is 4.79 Å². The van der Waals surface area contributed by atoms with Crippen molar-refractivity contribution in [3.8, 4) is 0 Å². The third-order valence-corrected chi connectivity index (χ3v) is 5.16. The molecule has 1 atom stereocenters. The van der Waals surface area contributed by atoms with Gasteiger partial charge in [-0.05, 0) is 25.7 Å². The van der Waals surface area contributed by atoms with Gasteiger partial charge >= 0.3 is 0 Å². The highest BCUT2D eigenvalue weighted by atomic mass is 16.5. The predicted octanol–water partition coefficient (Wildman–Crippen LogP) is 1.33. The normalized spacial score (nSPS) is 20.9. The lowest BCUT2D eigenvalue weighted by molar-refractivity contribution is -0.142. The largest absolute Gasteiger partial charge is 0.368 e. The molecule has 0 radical (unpaired) electrons. The molecule has 1 aromatic rings. The van der Waals surface area contributed by atoms with Gasteiger partial charge in [-0.1, -0.05) is 13.8 Å². The molecule has 0 aliphatic carbocycles. The van der Waals surface area contributed by atoms with E-state index in [0.29, 0.717) is 32.2 Å². The van der Waals surface area contributed by atoms with Crippen LogP contribution in [-0.4, -0.2) is 76.7 Å². The lowest BCUT2D eigenvalue weighted by Crippen LogP contribution is -2.55. The standard InChI is InChI=1S/C20H34N6O2/c1-4-21-20(23-14-18-22-7-8-26(18)15-16(2)3)25-11-9-24(10-12-25)19(27)17-6-5-13-28-17/h7-8,16-17H,4-6,9-15H2,1-3H3,(H,21,23). The van der Waals surface area contributed by atoms with Crippen LogP contribution in [0.2, 0.25) is 0 Å². The summed E-state index contributed by atoms with van der Waals surface area (Å²) >= 11 is 0. The second-order valence-corrected chi connectivity index (χ2v) is 7.87. The summed E-state index contributed by atoms with van der Waals surface area (Å²) < 4.78 is 7.73. The number of aromatic nitrogens is 2. The average molecular weight is 391 g/mol. The number of guanidine groups is 1. The molecule has 8 nitrogen and oxygen atoms in total. The minimum absolute atomic E-state index is 0.148. The fourth-order valence-corrected chi connectivity index (χ4v) is 3.74. The molecular formula is C20H34N6O2. The molecular weight excluding hydrogens is 356 g/mol. The molecule has 3 rings (SSSR count). The van der Waals surface area contributed by atoms with Crippen molar-refractivity contribution in [1.29, 1.82) is 0 Å². The number of imidazole rings is 1. The number of hydrogen-bond donors (Lipinski definition) is 1. The summed E-state index contributed by atoms with van der Waals surface area (Å²) in [6.07, 6.45) is 5.48. The Labute approximate surface area is 168 Å². The summed E-state index contributed by atoms with van der Waals surface area (Å²) in [5, 5.41) is 3.38. The Balaban J connectivity index is 1.58. The maximum Gasteiger partial charge on any atom is 0.251 e. The van der Waals surface area contributed by atoms with E-state index >= 15 is 0 Å². The van der Waals surface area contributed by atoms with Crippen LogP contribution in [0.15, 0.2) is 17.4 Å². The van der Waals surface area contributed by atoms with E-state index in [1.54, 1.807) is 0 Å². The maximum atomic E-state index is 12.5. The van der Waals surface area contributed by atoms with E-state index in [9.17, 15) is 4.79 Å². The van der Waals surface area contributed by atoms with Gasteiger partial charge < -0.3 is 24.4 Å². The van der Waals surface area contributed by atoms with E-state index in [2.05, 4.69) is 40.5 Å². The molecule has 1 amide bonds. The second kappa shape index (κ2) is 9.91. The van der Waals surface area contributed by atoms with Crippen molar-refractivity contribution in [2.75, 3.05) is 39.3 Å². The summed E-state index contributed by atoms with van der Waals surface area (Å²) in [7, 11) is 0. The number of aliphatic imine (C=N–C) groups is 1. The molecule has 2 saturated heterocycles. The minimum Gasteiger partial charge on any atom is -0.368 e. The highest BCUT2D eigenvalue weighted by molar-refractivity contribution is 5.82. The van der Waals surface area contributed by atoms with Crippen LogP contribution >= 0.6 is 0 Å². The van der Waals surface area contributed by atoms with E-state index in [1.807, 2.05) is 17.3 Å². The van der Waals surface area contributed by atoms with Gasteiger partial charge in [-0.25, -0.2) is 9.98 Å². The van der Waals surface area contributed by atoms with Crippen LogP contribution in [0, 0.1) is 5.92 Å². The number of nitrogens with one attached hydrogen (secondary N) is 1. The Bertz CT molecular complexity index is 657. The molecule has 1 N–H and O–H groups in total. The zero-order valence-electron chi connectivity index (χ0n) is 17.4. The topological polar surface area (TPSA) is 75.0 Å². The molecule has 2 aliphatic rings. The fraction of sp³-hybridized carbons (Fsp3) is 0.750. The Hall–Kier alpha value is -2.09. The van der Waals surface area contributed by atoms with Crippen LogP contribution in [0.4, 0.5) is 0 Å². The highest BCUT2D eigenvalue weighted by Crippen LogP contribution is 2.16. The van der Waals surface area contributed by atoms with Gasteiger partial charge in [0.2, 0.25) is 0 Å². The highest BCUT2D eigenvalue weighted by Gasteiger charge is 2.30. The van der Waals surface area contributed by atoms with Crippen molar-refractivity contribution in [1.82, 2.24) is 24.7 Å². The zero-order chi connectivity index (χ0) is 19.9. The molecule has 0 spiro atoms. The third-order valence-electron chi connectivity index (χ3n) is 5.16. The van der Waals surface area contributed by atoms with E-state index < -0.39 is 0 Å². The number of piperazine rings is 1. The molecule has 3 heterocycles. The third kappa shape index (κ3) is 5.25. The van der Waals surface area contributed by atoms with Crippen LogP contribution in [0.5, 0.6) is 0 Å². The van der Waals surface area contributed by atoms with Crippen LogP contribution in [0.25, 0.3) is 0 Å². The Morgan fingerprint density at radius 3 is 2.71 bits per heavy atom. The summed E-state index contributed by atoms with van der Waals surface area (Å²) in [5.41, 5.74) is 0. The second-order valence-electron chi connectivity index (χ2n) is 7.87. The Morgan fingerprint density at radius 2 is 2.07 bits per heavy atom. The summed E-state index contributed by atoms with van der Waals surface area (Å²) in [4.78, 5) is 26.0. The molecule has 0 aromatic carbocycles. The van der Waals surface area contributed by atoms with Crippen molar-refractivity contribution in [2.45, 2.75) is 52.8 Å². The quantitative estimate of drug-likeness (QED) is 0.586. The van der Waals surface area contributed by atoms with Crippen LogP contribution < -0.4 is 5.32 Å².